The molecule has 0 aliphatic rings. The molecule has 1 atom stereocenters. The molecule has 20 heavy (non-hydrogen) atoms. The van der Waals surface area contributed by atoms with Crippen molar-refractivity contribution in [2.75, 3.05) is 25.6 Å². The number of hydrogen-bond acceptors (Lipinski definition) is 3. The third kappa shape index (κ3) is 4.35. The number of methoxy groups -OCH3 is 1. The van der Waals surface area contributed by atoms with Gasteiger partial charge in [0.15, 0.2) is 5.78 Å². The van der Waals surface area contributed by atoms with Crippen molar-refractivity contribution in [3.8, 4) is 0 Å². The van der Waals surface area contributed by atoms with Crippen LogP contribution in [0.25, 0.3) is 0 Å². The maximum Gasteiger partial charge on any atom is 0.322 e. The van der Waals surface area contributed by atoms with E-state index < -0.39 is 0 Å². The van der Waals surface area contributed by atoms with E-state index in [1.54, 1.807) is 36.3 Å². The van der Waals surface area contributed by atoms with Crippen molar-refractivity contribution >= 4 is 17.5 Å². The van der Waals surface area contributed by atoms with E-state index in [1.807, 2.05) is 13.8 Å². The summed E-state index contributed by atoms with van der Waals surface area (Å²) in [4.78, 5) is 25.1. The quantitative estimate of drug-likeness (QED) is 0.814. The molecule has 2 amide bonds. The van der Waals surface area contributed by atoms with E-state index in [0.29, 0.717) is 24.4 Å². The summed E-state index contributed by atoms with van der Waals surface area (Å²) in [6, 6.07) is 6.68. The number of nitrogens with one attached hydrogen (secondary N) is 1. The Bertz CT molecular complexity index is 457. The molecule has 0 aromatic heterocycles. The van der Waals surface area contributed by atoms with E-state index in [0.717, 1.165) is 0 Å². The number of ether oxygens (including phenoxy) is 1. The molecular weight excluding hydrogens is 256 g/mol. The monoisotopic (exact) mass is 278 g/mol. The highest BCUT2D eigenvalue weighted by atomic mass is 16.5. The van der Waals surface area contributed by atoms with Gasteiger partial charge in [-0.2, -0.15) is 0 Å². The maximum absolute atomic E-state index is 12.2. The summed E-state index contributed by atoms with van der Waals surface area (Å²) < 4.78 is 5.07. The summed E-state index contributed by atoms with van der Waals surface area (Å²) in [6.45, 7) is 6.46. The second-order valence-corrected chi connectivity index (χ2v) is 4.65. The summed E-state index contributed by atoms with van der Waals surface area (Å²) in [5, 5.41) is 2.82. The first-order valence-corrected chi connectivity index (χ1v) is 6.67. The third-order valence-corrected chi connectivity index (χ3v) is 3.08. The zero-order chi connectivity index (χ0) is 15.1. The van der Waals surface area contributed by atoms with Crippen molar-refractivity contribution in [1.29, 1.82) is 0 Å². The predicted octanol–water partition coefficient (Wildman–Crippen LogP) is 2.78. The molecule has 0 heterocycles. The Hall–Kier alpha value is -1.88. The van der Waals surface area contributed by atoms with Gasteiger partial charge in [-0.1, -0.05) is 0 Å². The SMILES string of the molecule is CCN(C(=O)Nc1ccc(C(C)=O)cc1)C(C)COC. The van der Waals surface area contributed by atoms with Crippen LogP contribution < -0.4 is 5.32 Å². The fourth-order valence-corrected chi connectivity index (χ4v) is 1.97. The van der Waals surface area contributed by atoms with Gasteiger partial charge in [0.2, 0.25) is 0 Å². The van der Waals surface area contributed by atoms with Gasteiger partial charge in [-0.05, 0) is 45.0 Å². The number of ketones is 1. The van der Waals surface area contributed by atoms with Crippen molar-refractivity contribution in [3.05, 3.63) is 29.8 Å². The Morgan fingerprint density at radius 3 is 2.35 bits per heavy atom. The first-order valence-electron chi connectivity index (χ1n) is 6.67. The number of rotatable bonds is 6. The molecule has 0 aliphatic carbocycles. The lowest BCUT2D eigenvalue weighted by atomic mass is 10.1. The van der Waals surface area contributed by atoms with Crippen molar-refractivity contribution in [2.45, 2.75) is 26.8 Å². The summed E-state index contributed by atoms with van der Waals surface area (Å²) in [5.74, 6) is 0.00628. The number of anilines is 1. The molecule has 110 valence electrons. The van der Waals surface area contributed by atoms with Crippen LogP contribution in [-0.2, 0) is 4.74 Å². The van der Waals surface area contributed by atoms with E-state index >= 15 is 0 Å². The van der Waals surface area contributed by atoms with E-state index in [4.69, 9.17) is 4.74 Å². The predicted molar refractivity (Wildman–Crippen MR) is 79.2 cm³/mol. The first-order chi connectivity index (χ1) is 9.49. The molecule has 0 saturated heterocycles. The van der Waals surface area contributed by atoms with Gasteiger partial charge >= 0.3 is 6.03 Å². The normalized spacial score (nSPS) is 11.8. The Balaban J connectivity index is 2.70. The first kappa shape index (κ1) is 16.2. The van der Waals surface area contributed by atoms with Crippen molar-refractivity contribution in [1.82, 2.24) is 4.90 Å². The van der Waals surface area contributed by atoms with Crippen LogP contribution in [0.15, 0.2) is 24.3 Å². The molecule has 0 bridgehead atoms. The molecule has 1 N–H and O–H groups in total. The van der Waals surface area contributed by atoms with Crippen LogP contribution in [0.3, 0.4) is 0 Å². The van der Waals surface area contributed by atoms with Crippen LogP contribution in [0.2, 0.25) is 0 Å². The number of Topliss-reactive ketones (excluding diaryl/α,β-unsaturated/α-hetero) is 1. The molecule has 0 spiro atoms. The van der Waals surface area contributed by atoms with Crippen molar-refractivity contribution in [3.63, 3.8) is 0 Å². The molecule has 1 unspecified atom stereocenters. The highest BCUT2D eigenvalue weighted by Crippen LogP contribution is 2.12. The molecule has 0 aliphatic heterocycles. The van der Waals surface area contributed by atoms with Crippen molar-refractivity contribution < 1.29 is 14.3 Å². The minimum absolute atomic E-state index is 0.00138. The van der Waals surface area contributed by atoms with E-state index in [9.17, 15) is 9.59 Å². The van der Waals surface area contributed by atoms with Crippen LogP contribution in [0.1, 0.15) is 31.1 Å². The van der Waals surface area contributed by atoms with Gasteiger partial charge in [-0.25, -0.2) is 4.79 Å². The van der Waals surface area contributed by atoms with Crippen molar-refractivity contribution in [2.24, 2.45) is 0 Å². The van der Waals surface area contributed by atoms with Gasteiger partial charge in [0.05, 0.1) is 12.6 Å². The average molecular weight is 278 g/mol. The molecule has 0 fully saturated rings. The molecule has 0 saturated carbocycles. The van der Waals surface area contributed by atoms with E-state index in [-0.39, 0.29) is 17.9 Å². The molecule has 0 radical (unpaired) electrons. The van der Waals surface area contributed by atoms with Crippen LogP contribution in [0.5, 0.6) is 0 Å². The number of benzene rings is 1. The average Bonchev–Trinajstić information content (AvgIpc) is 2.40. The van der Waals surface area contributed by atoms with Crippen LogP contribution in [0.4, 0.5) is 10.5 Å². The van der Waals surface area contributed by atoms with Gasteiger partial charge < -0.3 is 15.0 Å². The van der Waals surface area contributed by atoms with Gasteiger partial charge in [-0.15, -0.1) is 0 Å². The zero-order valence-electron chi connectivity index (χ0n) is 12.5. The number of hydrogen-bond donors (Lipinski definition) is 1. The number of carbonyl (C=O) groups excluding carboxylic acids is 2. The second-order valence-electron chi connectivity index (χ2n) is 4.65. The van der Waals surface area contributed by atoms with Gasteiger partial charge in [0, 0.05) is 24.9 Å². The fourth-order valence-electron chi connectivity index (χ4n) is 1.97. The highest BCUT2D eigenvalue weighted by Gasteiger charge is 2.18. The van der Waals surface area contributed by atoms with Gasteiger partial charge in [0.25, 0.3) is 0 Å². The van der Waals surface area contributed by atoms with Crippen LogP contribution in [-0.4, -0.2) is 43.0 Å². The topological polar surface area (TPSA) is 58.6 Å². The maximum atomic E-state index is 12.2. The summed E-state index contributed by atoms with van der Waals surface area (Å²) in [6.07, 6.45) is 0. The van der Waals surface area contributed by atoms with Crippen LogP contribution in [0, 0.1) is 0 Å². The fraction of sp³-hybridized carbons (Fsp3) is 0.467. The van der Waals surface area contributed by atoms with E-state index in [1.165, 1.54) is 6.92 Å². The molecule has 1 aromatic carbocycles. The number of nitrogens with zero attached hydrogens (tertiary/aromatic N) is 1. The molecule has 5 nitrogen and oxygen atoms in total. The summed E-state index contributed by atoms with van der Waals surface area (Å²) >= 11 is 0. The number of carbonyl (C=O) groups is 2. The Morgan fingerprint density at radius 1 is 1.30 bits per heavy atom. The number of amides is 2. The summed E-state index contributed by atoms with van der Waals surface area (Å²) in [7, 11) is 1.61. The Labute approximate surface area is 119 Å². The number of urea groups is 1. The second kappa shape index (κ2) is 7.65. The standard InChI is InChI=1S/C15H22N2O3/c1-5-17(11(2)10-20-4)15(19)16-14-8-6-13(7-9-14)12(3)18/h6-9,11H,5,10H2,1-4H3,(H,16,19). The Morgan fingerprint density at radius 2 is 1.90 bits per heavy atom. The lowest BCUT2D eigenvalue weighted by Crippen LogP contribution is -2.43. The number of likely N-dealkylation sites (N-methyl/N-ethyl adjacent to an activating group) is 1. The van der Waals surface area contributed by atoms with Gasteiger partial charge in [0.1, 0.15) is 0 Å². The van der Waals surface area contributed by atoms with E-state index in [2.05, 4.69) is 5.32 Å². The largest absolute Gasteiger partial charge is 0.383 e. The minimum atomic E-state index is -0.173. The lowest BCUT2D eigenvalue weighted by Gasteiger charge is -2.27. The molecule has 1 aromatic rings. The highest BCUT2D eigenvalue weighted by molar-refractivity contribution is 5.95. The summed E-state index contributed by atoms with van der Waals surface area (Å²) in [5.41, 5.74) is 1.30. The lowest BCUT2D eigenvalue weighted by molar-refractivity contribution is 0.101. The minimum Gasteiger partial charge on any atom is -0.383 e. The third-order valence-electron chi connectivity index (χ3n) is 3.08. The Kier molecular flexibility index (Phi) is 6.18. The van der Waals surface area contributed by atoms with Gasteiger partial charge in [-0.3, -0.25) is 4.79 Å². The van der Waals surface area contributed by atoms with Crippen LogP contribution >= 0.6 is 0 Å². The molecule has 1 rings (SSSR count). The smallest absolute Gasteiger partial charge is 0.322 e. The zero-order valence-corrected chi connectivity index (χ0v) is 12.5. The molecule has 5 heteroatoms. The molecular formula is C15H22N2O3.